The van der Waals surface area contributed by atoms with E-state index in [0.717, 1.165) is 64.2 Å². The number of nitrogens with zero attached hydrogens (tertiary/aromatic N) is 3. The predicted molar refractivity (Wildman–Crippen MR) is 155 cm³/mol. The fourth-order valence-corrected chi connectivity index (χ4v) is 5.05. The molecule has 0 saturated carbocycles. The molecular formula is C32H32N4O4. The van der Waals surface area contributed by atoms with Crippen molar-refractivity contribution in [2.24, 2.45) is 0 Å². The van der Waals surface area contributed by atoms with Gasteiger partial charge in [-0.15, -0.1) is 0 Å². The summed E-state index contributed by atoms with van der Waals surface area (Å²) >= 11 is 0. The first-order valence-corrected chi connectivity index (χ1v) is 13.4. The Balaban J connectivity index is 1.52. The maximum Gasteiger partial charge on any atom is 0.439 e. The Morgan fingerprint density at radius 2 is 1.73 bits per heavy atom. The van der Waals surface area contributed by atoms with Crippen molar-refractivity contribution in [2.45, 2.75) is 46.5 Å². The Morgan fingerprint density at radius 1 is 0.975 bits per heavy atom. The molecule has 8 nitrogen and oxygen atoms in total. The third kappa shape index (κ3) is 5.38. The van der Waals surface area contributed by atoms with E-state index < -0.39 is 5.76 Å². The van der Waals surface area contributed by atoms with Crippen molar-refractivity contribution in [2.75, 3.05) is 7.11 Å². The first-order valence-electron chi connectivity index (χ1n) is 13.4. The second kappa shape index (κ2) is 11.6. The lowest BCUT2D eigenvalue weighted by molar-refractivity contribution is 0.388. The van der Waals surface area contributed by atoms with E-state index in [4.69, 9.17) is 14.2 Å². The highest BCUT2D eigenvalue weighted by Gasteiger charge is 2.18. The molecule has 2 aromatic heterocycles. The number of methoxy groups -OCH3 is 1. The first kappa shape index (κ1) is 26.9. The van der Waals surface area contributed by atoms with Crippen LogP contribution in [0.3, 0.4) is 0 Å². The summed E-state index contributed by atoms with van der Waals surface area (Å²) in [5.41, 5.74) is 6.89. The number of nitrogens with one attached hydrogen (secondary N) is 1. The van der Waals surface area contributed by atoms with Crippen LogP contribution in [0.4, 0.5) is 0 Å². The van der Waals surface area contributed by atoms with Crippen molar-refractivity contribution >= 4 is 0 Å². The fourth-order valence-electron chi connectivity index (χ4n) is 5.05. The number of aryl methyl sites for hydroxylation is 3. The van der Waals surface area contributed by atoms with Crippen molar-refractivity contribution < 1.29 is 9.26 Å². The molecule has 204 valence electrons. The van der Waals surface area contributed by atoms with Gasteiger partial charge in [-0.1, -0.05) is 67.0 Å². The summed E-state index contributed by atoms with van der Waals surface area (Å²) in [4.78, 5) is 33.0. The van der Waals surface area contributed by atoms with Gasteiger partial charge in [0.25, 0.3) is 5.56 Å². The Morgan fingerprint density at radius 3 is 2.38 bits per heavy atom. The number of unbranched alkanes of at least 4 members (excludes halogenated alkanes) is 1. The number of aromatic amines is 1. The summed E-state index contributed by atoms with van der Waals surface area (Å²) in [5, 5.41) is 3.85. The minimum Gasteiger partial charge on any atom is -0.496 e. The van der Waals surface area contributed by atoms with Gasteiger partial charge in [-0.05, 0) is 67.1 Å². The topological polar surface area (TPSA) is 103 Å². The summed E-state index contributed by atoms with van der Waals surface area (Å²) in [6, 6.07) is 21.5. The molecule has 0 radical (unpaired) electrons. The quantitative estimate of drug-likeness (QED) is 0.255. The standard InChI is InChI=1S/C32H32N4O4/c1-5-6-11-28-27(31(37)36(21(3)33-28)24-16-17-29(39-4)20(2)18-24)19-22-12-14-23(15-13-22)25-9-7-8-10-26(25)30-34-32(38)40-35-30/h7-10,12-18H,5-6,11,19H2,1-4H3,(H,34,35,38). The number of rotatable bonds is 9. The number of hydrogen-bond acceptors (Lipinski definition) is 6. The van der Waals surface area contributed by atoms with Gasteiger partial charge in [0.15, 0.2) is 5.82 Å². The molecule has 5 rings (SSSR count). The minimum atomic E-state index is -0.596. The summed E-state index contributed by atoms with van der Waals surface area (Å²) in [6.07, 6.45) is 3.21. The van der Waals surface area contributed by atoms with Crippen LogP contribution in [0.15, 0.2) is 80.8 Å². The zero-order chi connectivity index (χ0) is 28.2. The van der Waals surface area contributed by atoms with Gasteiger partial charge < -0.3 is 4.74 Å². The van der Waals surface area contributed by atoms with Gasteiger partial charge in [-0.25, -0.2) is 9.78 Å². The van der Waals surface area contributed by atoms with Crippen LogP contribution in [-0.4, -0.2) is 26.8 Å². The summed E-state index contributed by atoms with van der Waals surface area (Å²) < 4.78 is 11.8. The second-order valence-corrected chi connectivity index (χ2v) is 9.85. The Kier molecular flexibility index (Phi) is 7.77. The highest BCUT2D eigenvalue weighted by Crippen LogP contribution is 2.30. The van der Waals surface area contributed by atoms with Crippen LogP contribution in [0.1, 0.15) is 48.0 Å². The van der Waals surface area contributed by atoms with Crippen LogP contribution in [0.25, 0.3) is 28.2 Å². The number of ether oxygens (including phenoxy) is 1. The molecule has 0 aliphatic rings. The van der Waals surface area contributed by atoms with Gasteiger partial charge in [0.05, 0.1) is 18.5 Å². The van der Waals surface area contributed by atoms with E-state index in [0.29, 0.717) is 23.6 Å². The SMILES string of the molecule is CCCCc1nc(C)n(-c2ccc(OC)c(C)c2)c(=O)c1Cc1ccc(-c2ccccc2-c2noc(=O)[nH]2)cc1. The van der Waals surface area contributed by atoms with Crippen molar-refractivity contribution in [1.29, 1.82) is 0 Å². The van der Waals surface area contributed by atoms with Crippen LogP contribution in [0.2, 0.25) is 0 Å². The summed E-state index contributed by atoms with van der Waals surface area (Å²) in [7, 11) is 1.64. The molecule has 2 heterocycles. The number of benzene rings is 3. The third-order valence-corrected chi connectivity index (χ3v) is 7.10. The lowest BCUT2D eigenvalue weighted by Crippen LogP contribution is -2.28. The van der Waals surface area contributed by atoms with E-state index in [-0.39, 0.29) is 5.56 Å². The third-order valence-electron chi connectivity index (χ3n) is 7.10. The van der Waals surface area contributed by atoms with E-state index in [2.05, 4.69) is 17.1 Å². The van der Waals surface area contributed by atoms with Gasteiger partial charge >= 0.3 is 5.76 Å². The van der Waals surface area contributed by atoms with Crippen LogP contribution >= 0.6 is 0 Å². The molecule has 0 fully saturated rings. The van der Waals surface area contributed by atoms with E-state index in [1.807, 2.05) is 80.6 Å². The molecule has 0 amide bonds. The van der Waals surface area contributed by atoms with Crippen molar-refractivity contribution in [1.82, 2.24) is 19.7 Å². The molecule has 3 aromatic carbocycles. The van der Waals surface area contributed by atoms with Crippen LogP contribution in [0.5, 0.6) is 5.75 Å². The number of hydrogen-bond donors (Lipinski definition) is 1. The molecule has 0 saturated heterocycles. The molecule has 0 unspecified atom stereocenters. The first-order chi connectivity index (χ1) is 19.4. The summed E-state index contributed by atoms with van der Waals surface area (Å²) in [6.45, 7) is 5.99. The average Bonchev–Trinajstić information content (AvgIpc) is 3.40. The van der Waals surface area contributed by atoms with Crippen LogP contribution < -0.4 is 16.1 Å². The Hall–Kier alpha value is -4.72. The van der Waals surface area contributed by atoms with Gasteiger partial charge in [0.1, 0.15) is 11.6 Å². The Bertz CT molecular complexity index is 1760. The molecule has 5 aromatic rings. The van der Waals surface area contributed by atoms with E-state index >= 15 is 0 Å². The van der Waals surface area contributed by atoms with E-state index in [1.54, 1.807) is 11.7 Å². The normalized spacial score (nSPS) is 11.1. The lowest BCUT2D eigenvalue weighted by Gasteiger charge is -2.17. The number of H-pyrrole nitrogens is 1. The number of aromatic nitrogens is 4. The summed E-state index contributed by atoms with van der Waals surface area (Å²) in [5.74, 6) is 1.23. The van der Waals surface area contributed by atoms with Crippen molar-refractivity contribution in [3.63, 3.8) is 0 Å². The zero-order valence-electron chi connectivity index (χ0n) is 23.2. The minimum absolute atomic E-state index is 0.0485. The van der Waals surface area contributed by atoms with Crippen molar-refractivity contribution in [3.8, 4) is 34.0 Å². The van der Waals surface area contributed by atoms with Crippen LogP contribution in [0, 0.1) is 13.8 Å². The van der Waals surface area contributed by atoms with Crippen LogP contribution in [-0.2, 0) is 12.8 Å². The lowest BCUT2D eigenvalue weighted by atomic mass is 9.96. The maximum absolute atomic E-state index is 14.0. The molecule has 40 heavy (non-hydrogen) atoms. The molecule has 0 atom stereocenters. The molecule has 8 heteroatoms. The molecule has 0 bridgehead atoms. The molecule has 1 N–H and O–H groups in total. The molecular weight excluding hydrogens is 504 g/mol. The van der Waals surface area contributed by atoms with Gasteiger partial charge in [-0.3, -0.25) is 18.9 Å². The van der Waals surface area contributed by atoms with E-state index in [9.17, 15) is 9.59 Å². The van der Waals surface area contributed by atoms with Gasteiger partial charge in [-0.2, -0.15) is 0 Å². The molecule has 0 spiro atoms. The monoisotopic (exact) mass is 536 g/mol. The zero-order valence-corrected chi connectivity index (χ0v) is 23.2. The molecule has 0 aliphatic carbocycles. The maximum atomic E-state index is 14.0. The van der Waals surface area contributed by atoms with Gasteiger partial charge in [0.2, 0.25) is 0 Å². The van der Waals surface area contributed by atoms with Gasteiger partial charge in [0, 0.05) is 17.5 Å². The largest absolute Gasteiger partial charge is 0.496 e. The smallest absolute Gasteiger partial charge is 0.439 e. The second-order valence-electron chi connectivity index (χ2n) is 9.85. The van der Waals surface area contributed by atoms with E-state index in [1.165, 1.54) is 0 Å². The fraction of sp³-hybridized carbons (Fsp3) is 0.250. The molecule has 0 aliphatic heterocycles. The highest BCUT2D eigenvalue weighted by molar-refractivity contribution is 5.80. The predicted octanol–water partition coefficient (Wildman–Crippen LogP) is 5.80. The van der Waals surface area contributed by atoms with Crippen molar-refractivity contribution in [3.05, 3.63) is 116 Å². The average molecular weight is 537 g/mol. The Labute approximate surface area is 232 Å². The highest BCUT2D eigenvalue weighted by atomic mass is 16.5.